The van der Waals surface area contributed by atoms with E-state index in [1.165, 1.54) is 89.2 Å². The summed E-state index contributed by atoms with van der Waals surface area (Å²) in [5.74, 6) is 1.36. The average molecular weight is 272 g/mol. The fourth-order valence-corrected chi connectivity index (χ4v) is 2.86. The first kappa shape index (κ1) is 18.4. The molecule has 0 unspecified atom stereocenters. The third-order valence-corrected chi connectivity index (χ3v) is 4.30. The Balaban J connectivity index is 2.86. The molecule has 0 heterocycles. The summed E-state index contributed by atoms with van der Waals surface area (Å²) < 4.78 is 0. The lowest BCUT2D eigenvalue weighted by molar-refractivity contribution is 0.540. The minimum absolute atomic E-state index is 1.12. The molecule has 0 fully saturated rings. The van der Waals surface area contributed by atoms with E-state index in [0.29, 0.717) is 0 Å². The molecule has 0 rings (SSSR count). The van der Waals surface area contributed by atoms with E-state index in [-0.39, 0.29) is 0 Å². The van der Waals surface area contributed by atoms with E-state index >= 15 is 0 Å². The Kier molecular flexibility index (Phi) is 17.7. The van der Waals surface area contributed by atoms with Gasteiger partial charge in [0.15, 0.2) is 0 Å². The van der Waals surface area contributed by atoms with Gasteiger partial charge < -0.3 is 0 Å². The summed E-state index contributed by atoms with van der Waals surface area (Å²) in [5.41, 5.74) is 0. The van der Waals surface area contributed by atoms with Gasteiger partial charge in [0.2, 0.25) is 0 Å². The number of rotatable bonds is 15. The van der Waals surface area contributed by atoms with Crippen LogP contribution >= 0.6 is 11.8 Å². The molecule has 0 atom stereocenters. The lowest BCUT2D eigenvalue weighted by Gasteiger charge is -2.02. The van der Waals surface area contributed by atoms with E-state index in [2.05, 4.69) is 13.2 Å². The molecule has 0 aliphatic carbocycles. The van der Waals surface area contributed by atoms with Gasteiger partial charge in [0, 0.05) is 0 Å². The van der Waals surface area contributed by atoms with Gasteiger partial charge in [-0.25, -0.2) is 0 Å². The third kappa shape index (κ3) is 16.4. The Bertz CT molecular complexity index is 118. The van der Waals surface area contributed by atoms with Crippen molar-refractivity contribution in [2.75, 3.05) is 12.0 Å². The Morgan fingerprint density at radius 1 is 0.556 bits per heavy atom. The van der Waals surface area contributed by atoms with Crippen LogP contribution in [0, 0.1) is 6.92 Å². The average Bonchev–Trinajstić information content (AvgIpc) is 2.39. The molecule has 0 aliphatic heterocycles. The van der Waals surface area contributed by atoms with Crippen molar-refractivity contribution in [3.63, 3.8) is 0 Å². The van der Waals surface area contributed by atoms with Crippen molar-refractivity contribution in [3.8, 4) is 0 Å². The van der Waals surface area contributed by atoms with Crippen LogP contribution < -0.4 is 0 Å². The molecule has 18 heavy (non-hydrogen) atoms. The maximum atomic E-state index is 3.88. The lowest BCUT2D eigenvalue weighted by Crippen LogP contribution is -1.84. The zero-order valence-corrected chi connectivity index (χ0v) is 13.5. The maximum absolute atomic E-state index is 3.88. The van der Waals surface area contributed by atoms with Crippen LogP contribution in [0.2, 0.25) is 0 Å². The smallest absolute Gasteiger partial charge is 0.00703 e. The molecule has 0 amide bonds. The van der Waals surface area contributed by atoms with E-state index in [1.54, 1.807) is 0 Å². The van der Waals surface area contributed by atoms with Crippen molar-refractivity contribution in [2.24, 2.45) is 0 Å². The molecule has 109 valence electrons. The van der Waals surface area contributed by atoms with Gasteiger partial charge in [0.1, 0.15) is 0 Å². The molecule has 0 bridgehead atoms. The highest BCUT2D eigenvalue weighted by Crippen LogP contribution is 2.13. The van der Waals surface area contributed by atoms with Crippen LogP contribution in [0.15, 0.2) is 0 Å². The molecule has 0 spiro atoms. The van der Waals surface area contributed by atoms with E-state index in [0.717, 1.165) is 6.42 Å². The minimum atomic E-state index is 1.12. The molecule has 0 nitrogen and oxygen atoms in total. The van der Waals surface area contributed by atoms with E-state index < -0.39 is 0 Å². The quantitative estimate of drug-likeness (QED) is 0.301. The number of thioether (sulfide) groups is 1. The van der Waals surface area contributed by atoms with Gasteiger partial charge in [-0.15, -0.1) is 0 Å². The summed E-state index contributed by atoms with van der Waals surface area (Å²) in [5, 5.41) is 0. The molecule has 0 aliphatic rings. The van der Waals surface area contributed by atoms with Crippen LogP contribution in [-0.2, 0) is 0 Å². The summed E-state index contributed by atoms with van der Waals surface area (Å²) in [6.07, 6.45) is 22.1. The van der Waals surface area contributed by atoms with Crippen molar-refractivity contribution in [2.45, 2.75) is 89.9 Å². The summed E-state index contributed by atoms with van der Waals surface area (Å²) >= 11 is 1.98. The highest BCUT2D eigenvalue weighted by molar-refractivity contribution is 7.98. The lowest BCUT2D eigenvalue weighted by atomic mass is 10.0. The van der Waals surface area contributed by atoms with Crippen LogP contribution in [-0.4, -0.2) is 12.0 Å². The molecule has 0 aromatic rings. The fraction of sp³-hybridized carbons (Fsp3) is 0.941. The second-order valence-electron chi connectivity index (χ2n) is 5.44. The number of hydrogen-bond acceptors (Lipinski definition) is 1. The molecule has 0 N–H and O–H groups in total. The van der Waals surface area contributed by atoms with Crippen molar-refractivity contribution in [1.82, 2.24) is 0 Å². The molecule has 0 aromatic heterocycles. The minimum Gasteiger partial charge on any atom is -0.165 e. The van der Waals surface area contributed by atoms with E-state index in [1.807, 2.05) is 11.8 Å². The molecule has 1 radical (unpaired) electrons. The first-order valence-corrected chi connectivity index (χ1v) is 9.59. The van der Waals surface area contributed by atoms with Crippen molar-refractivity contribution >= 4 is 11.8 Å². The molecule has 1 heteroatoms. The third-order valence-electron chi connectivity index (χ3n) is 3.60. The van der Waals surface area contributed by atoms with Crippen molar-refractivity contribution in [1.29, 1.82) is 0 Å². The largest absolute Gasteiger partial charge is 0.165 e. The molecule has 0 aromatic carbocycles. The standard InChI is InChI=1S/C17H35S/c1-3-4-5-6-7-8-9-10-11-12-13-14-15-16-17-18-2/h1,3-17H2,2H3. The van der Waals surface area contributed by atoms with Gasteiger partial charge >= 0.3 is 0 Å². The van der Waals surface area contributed by atoms with Crippen LogP contribution in [0.3, 0.4) is 0 Å². The summed E-state index contributed by atoms with van der Waals surface area (Å²) in [6, 6.07) is 0. The predicted molar refractivity (Wildman–Crippen MR) is 88.4 cm³/mol. The van der Waals surface area contributed by atoms with Gasteiger partial charge in [-0.2, -0.15) is 11.8 Å². The normalized spacial score (nSPS) is 11.0. The van der Waals surface area contributed by atoms with Crippen LogP contribution in [0.4, 0.5) is 0 Å². The van der Waals surface area contributed by atoms with Crippen LogP contribution in [0.25, 0.3) is 0 Å². The fourth-order valence-electron chi connectivity index (χ4n) is 2.37. The number of unbranched alkanes of at least 4 members (excludes halogenated alkanes) is 13. The molecule has 0 saturated carbocycles. The van der Waals surface area contributed by atoms with E-state index in [9.17, 15) is 0 Å². The zero-order valence-electron chi connectivity index (χ0n) is 12.7. The molecular formula is C17H35S. The highest BCUT2D eigenvalue weighted by atomic mass is 32.2. The summed E-state index contributed by atoms with van der Waals surface area (Å²) in [7, 11) is 0. The second-order valence-corrected chi connectivity index (χ2v) is 6.43. The van der Waals surface area contributed by atoms with Gasteiger partial charge in [-0.05, 0) is 18.4 Å². The van der Waals surface area contributed by atoms with Gasteiger partial charge in [-0.1, -0.05) is 90.4 Å². The first-order valence-electron chi connectivity index (χ1n) is 8.20. The monoisotopic (exact) mass is 271 g/mol. The number of hydrogen-bond donors (Lipinski definition) is 0. The van der Waals surface area contributed by atoms with Gasteiger partial charge in [0.25, 0.3) is 0 Å². The molecule has 0 saturated heterocycles. The Morgan fingerprint density at radius 3 is 1.22 bits per heavy atom. The second kappa shape index (κ2) is 17.4. The van der Waals surface area contributed by atoms with Crippen molar-refractivity contribution in [3.05, 3.63) is 6.92 Å². The topological polar surface area (TPSA) is 0 Å². The first-order chi connectivity index (χ1) is 8.91. The SMILES string of the molecule is [CH2]CCCCCCCCCCCCCCCSC. The van der Waals surface area contributed by atoms with Crippen LogP contribution in [0.1, 0.15) is 89.9 Å². The van der Waals surface area contributed by atoms with Gasteiger partial charge in [0.05, 0.1) is 0 Å². The summed E-state index contributed by atoms with van der Waals surface area (Å²) in [4.78, 5) is 0. The highest BCUT2D eigenvalue weighted by Gasteiger charge is 1.93. The molecular weight excluding hydrogens is 236 g/mol. The Labute approximate surface area is 121 Å². The van der Waals surface area contributed by atoms with Crippen molar-refractivity contribution < 1.29 is 0 Å². The Morgan fingerprint density at radius 2 is 0.889 bits per heavy atom. The predicted octanol–water partition coefficient (Wildman–Crippen LogP) is 6.64. The maximum Gasteiger partial charge on any atom is -0.00703 e. The zero-order chi connectivity index (χ0) is 13.3. The summed E-state index contributed by atoms with van der Waals surface area (Å²) in [6.45, 7) is 3.88. The van der Waals surface area contributed by atoms with Gasteiger partial charge in [-0.3, -0.25) is 0 Å². The van der Waals surface area contributed by atoms with E-state index in [4.69, 9.17) is 0 Å². The van der Waals surface area contributed by atoms with Crippen LogP contribution in [0.5, 0.6) is 0 Å². The Hall–Kier alpha value is 0.350.